The first-order chi connectivity index (χ1) is 5.16. The summed E-state index contributed by atoms with van der Waals surface area (Å²) in [7, 11) is 4.10. The summed E-state index contributed by atoms with van der Waals surface area (Å²) in [5.74, 6) is 0. The quantitative estimate of drug-likeness (QED) is 0.329. The molecule has 0 radical (unpaired) electrons. The lowest BCUT2D eigenvalue weighted by Crippen LogP contribution is -2.12. The van der Waals surface area contributed by atoms with Crippen molar-refractivity contribution in [3.05, 3.63) is 12.2 Å². The zero-order valence-corrected chi connectivity index (χ0v) is 7.47. The molecule has 0 aromatic carbocycles. The van der Waals surface area contributed by atoms with Gasteiger partial charge < -0.3 is 4.90 Å². The zero-order valence-electron chi connectivity index (χ0n) is 7.47. The van der Waals surface area contributed by atoms with Crippen molar-refractivity contribution in [2.75, 3.05) is 20.6 Å². The number of nitrogens with zero attached hydrogens (tertiary/aromatic N) is 1. The smallest absolute Gasteiger partial charge is 0.145 e. The van der Waals surface area contributed by atoms with E-state index in [4.69, 9.17) is 0 Å². The van der Waals surface area contributed by atoms with Crippen molar-refractivity contribution in [2.45, 2.75) is 19.3 Å². The molecule has 0 aliphatic carbocycles. The van der Waals surface area contributed by atoms with Gasteiger partial charge in [0.05, 0.1) is 0 Å². The summed E-state index contributed by atoms with van der Waals surface area (Å²) < 4.78 is 0. The number of hydrogen-bond acceptors (Lipinski definition) is 2. The average molecular weight is 155 g/mol. The van der Waals surface area contributed by atoms with E-state index in [0.717, 1.165) is 32.1 Å². The molecule has 0 N–H and O–H groups in total. The monoisotopic (exact) mass is 155 g/mol. The highest BCUT2D eigenvalue weighted by Crippen LogP contribution is 2.02. The number of hydrogen-bond donors (Lipinski definition) is 0. The normalized spacial score (nSPS) is 10.1. The number of rotatable bonds is 6. The second kappa shape index (κ2) is 6.10. The summed E-state index contributed by atoms with van der Waals surface area (Å²) in [6.45, 7) is 4.70. The van der Waals surface area contributed by atoms with E-state index in [0.29, 0.717) is 5.57 Å². The van der Waals surface area contributed by atoms with Gasteiger partial charge in [0.2, 0.25) is 0 Å². The van der Waals surface area contributed by atoms with Gasteiger partial charge in [0.1, 0.15) is 6.29 Å². The number of allylic oxidation sites excluding steroid dienone is 1. The van der Waals surface area contributed by atoms with Crippen molar-refractivity contribution in [3.8, 4) is 0 Å². The molecular formula is C9H17NO. The first-order valence-electron chi connectivity index (χ1n) is 3.94. The molecule has 0 aliphatic rings. The molecule has 0 bridgehead atoms. The van der Waals surface area contributed by atoms with Crippen molar-refractivity contribution in [2.24, 2.45) is 0 Å². The van der Waals surface area contributed by atoms with E-state index in [1.807, 2.05) is 0 Å². The zero-order chi connectivity index (χ0) is 8.69. The van der Waals surface area contributed by atoms with Gasteiger partial charge in [0.25, 0.3) is 0 Å². The van der Waals surface area contributed by atoms with Crippen LogP contribution in [0.25, 0.3) is 0 Å². The minimum atomic E-state index is 0.712. The molecular weight excluding hydrogens is 138 g/mol. The van der Waals surface area contributed by atoms with E-state index >= 15 is 0 Å². The first-order valence-corrected chi connectivity index (χ1v) is 3.94. The first kappa shape index (κ1) is 10.4. The Labute approximate surface area is 68.9 Å². The highest BCUT2D eigenvalue weighted by Gasteiger charge is 1.93. The molecule has 0 unspecified atom stereocenters. The summed E-state index contributed by atoms with van der Waals surface area (Å²) >= 11 is 0. The summed E-state index contributed by atoms with van der Waals surface area (Å²) in [6, 6.07) is 0. The third-order valence-electron chi connectivity index (χ3n) is 1.52. The van der Waals surface area contributed by atoms with Crippen LogP contribution in [0.4, 0.5) is 0 Å². The summed E-state index contributed by atoms with van der Waals surface area (Å²) in [5.41, 5.74) is 0.712. The lowest BCUT2D eigenvalue weighted by molar-refractivity contribution is -0.105. The second-order valence-electron chi connectivity index (χ2n) is 3.04. The maximum Gasteiger partial charge on any atom is 0.145 e. The largest absolute Gasteiger partial charge is 0.309 e. The maximum absolute atomic E-state index is 10.1. The number of unbranched alkanes of at least 4 members (excludes halogenated alkanes) is 1. The Bertz CT molecular complexity index is 130. The fourth-order valence-corrected chi connectivity index (χ4v) is 0.839. The van der Waals surface area contributed by atoms with Crippen LogP contribution in [0.15, 0.2) is 12.2 Å². The van der Waals surface area contributed by atoms with Crippen molar-refractivity contribution >= 4 is 6.29 Å². The maximum atomic E-state index is 10.1. The van der Waals surface area contributed by atoms with Gasteiger partial charge in [0, 0.05) is 0 Å². The van der Waals surface area contributed by atoms with Crippen LogP contribution in [-0.4, -0.2) is 31.8 Å². The van der Waals surface area contributed by atoms with E-state index in [1.165, 1.54) is 0 Å². The van der Waals surface area contributed by atoms with Crippen LogP contribution in [0.3, 0.4) is 0 Å². The SMILES string of the molecule is C=C(C=O)CCCCN(C)C. The van der Waals surface area contributed by atoms with Gasteiger partial charge >= 0.3 is 0 Å². The number of aldehydes is 1. The highest BCUT2D eigenvalue weighted by molar-refractivity contribution is 5.71. The molecule has 0 aliphatic heterocycles. The Kier molecular flexibility index (Phi) is 5.75. The van der Waals surface area contributed by atoms with Gasteiger partial charge in [-0.15, -0.1) is 0 Å². The molecule has 0 fully saturated rings. The van der Waals surface area contributed by atoms with E-state index in [-0.39, 0.29) is 0 Å². The van der Waals surface area contributed by atoms with Gasteiger partial charge in [-0.25, -0.2) is 0 Å². The predicted octanol–water partition coefficient (Wildman–Crippen LogP) is 1.47. The van der Waals surface area contributed by atoms with Gasteiger partial charge in [0.15, 0.2) is 0 Å². The molecule has 0 heterocycles. The minimum Gasteiger partial charge on any atom is -0.309 e. The summed E-state index contributed by atoms with van der Waals surface area (Å²) in [6.07, 6.45) is 3.89. The fourth-order valence-electron chi connectivity index (χ4n) is 0.839. The van der Waals surface area contributed by atoms with E-state index in [1.54, 1.807) is 0 Å². The molecule has 0 saturated carbocycles. The van der Waals surface area contributed by atoms with Crippen molar-refractivity contribution in [1.29, 1.82) is 0 Å². The Hall–Kier alpha value is -0.630. The van der Waals surface area contributed by atoms with Gasteiger partial charge in [-0.05, 0) is 45.5 Å². The summed E-state index contributed by atoms with van der Waals surface area (Å²) in [4.78, 5) is 12.3. The fraction of sp³-hybridized carbons (Fsp3) is 0.667. The molecule has 2 nitrogen and oxygen atoms in total. The van der Waals surface area contributed by atoms with Gasteiger partial charge in [-0.2, -0.15) is 0 Å². The van der Waals surface area contributed by atoms with Crippen LogP contribution in [0.2, 0.25) is 0 Å². The third-order valence-corrected chi connectivity index (χ3v) is 1.52. The molecule has 64 valence electrons. The van der Waals surface area contributed by atoms with Crippen LogP contribution < -0.4 is 0 Å². The molecule has 0 atom stereocenters. The molecule has 0 aromatic rings. The Morgan fingerprint density at radius 3 is 2.55 bits per heavy atom. The molecule has 0 rings (SSSR count). The van der Waals surface area contributed by atoms with Gasteiger partial charge in [-0.1, -0.05) is 6.58 Å². The minimum absolute atomic E-state index is 0.712. The van der Waals surface area contributed by atoms with Crippen molar-refractivity contribution < 1.29 is 4.79 Å². The Balaban J connectivity index is 3.14. The van der Waals surface area contributed by atoms with E-state index in [9.17, 15) is 4.79 Å². The molecule has 0 saturated heterocycles. The van der Waals surface area contributed by atoms with Crippen LogP contribution in [0.5, 0.6) is 0 Å². The average Bonchev–Trinajstić information content (AvgIpc) is 1.97. The molecule has 0 amide bonds. The van der Waals surface area contributed by atoms with Crippen LogP contribution >= 0.6 is 0 Å². The molecule has 11 heavy (non-hydrogen) atoms. The lowest BCUT2D eigenvalue weighted by atomic mass is 10.1. The highest BCUT2D eigenvalue weighted by atomic mass is 16.1. The molecule has 2 heteroatoms. The second-order valence-corrected chi connectivity index (χ2v) is 3.04. The van der Waals surface area contributed by atoms with Crippen LogP contribution in [-0.2, 0) is 4.79 Å². The standard InChI is InChI=1S/C9H17NO/c1-9(8-11)6-4-5-7-10(2)3/h8H,1,4-7H2,2-3H3. The number of carbonyl (C=O) groups is 1. The van der Waals surface area contributed by atoms with E-state index in [2.05, 4.69) is 25.6 Å². The van der Waals surface area contributed by atoms with Crippen LogP contribution in [0.1, 0.15) is 19.3 Å². The Morgan fingerprint density at radius 1 is 1.45 bits per heavy atom. The number of carbonyl (C=O) groups excluding carboxylic acids is 1. The van der Waals surface area contributed by atoms with E-state index < -0.39 is 0 Å². The topological polar surface area (TPSA) is 20.3 Å². The Morgan fingerprint density at radius 2 is 2.09 bits per heavy atom. The van der Waals surface area contributed by atoms with Crippen molar-refractivity contribution in [3.63, 3.8) is 0 Å². The van der Waals surface area contributed by atoms with Crippen LogP contribution in [0, 0.1) is 0 Å². The van der Waals surface area contributed by atoms with Crippen molar-refractivity contribution in [1.82, 2.24) is 4.90 Å². The molecule has 0 aromatic heterocycles. The summed E-state index contributed by atoms with van der Waals surface area (Å²) in [5, 5.41) is 0. The lowest BCUT2D eigenvalue weighted by Gasteiger charge is -2.07. The predicted molar refractivity (Wildman–Crippen MR) is 47.6 cm³/mol. The third kappa shape index (κ3) is 7.26. The van der Waals surface area contributed by atoms with Gasteiger partial charge in [-0.3, -0.25) is 4.79 Å². The molecule has 0 spiro atoms.